The van der Waals surface area contributed by atoms with Crippen LogP contribution in [0.3, 0.4) is 0 Å². The molecule has 5 aromatic rings. The lowest BCUT2D eigenvalue weighted by Gasteiger charge is -2.23. The number of hydrogen-bond donors (Lipinski definition) is 1. The monoisotopic (exact) mass is 496 g/mol. The van der Waals surface area contributed by atoms with Gasteiger partial charge in [0, 0.05) is 42.3 Å². The molecule has 190 valence electrons. The van der Waals surface area contributed by atoms with E-state index in [0.29, 0.717) is 28.9 Å². The van der Waals surface area contributed by atoms with E-state index in [1.807, 2.05) is 42.5 Å². The largest absolute Gasteiger partial charge is 0.493 e. The van der Waals surface area contributed by atoms with Crippen LogP contribution in [0, 0.1) is 6.92 Å². The Morgan fingerprint density at radius 3 is 2.43 bits per heavy atom. The topological polar surface area (TPSA) is 76.8 Å². The summed E-state index contributed by atoms with van der Waals surface area (Å²) in [5.41, 5.74) is 4.93. The zero-order valence-corrected chi connectivity index (χ0v) is 21.7. The van der Waals surface area contributed by atoms with Crippen LogP contribution >= 0.6 is 0 Å². The smallest absolute Gasteiger partial charge is 0.226 e. The van der Waals surface area contributed by atoms with Crippen molar-refractivity contribution in [3.8, 4) is 22.9 Å². The van der Waals surface area contributed by atoms with E-state index in [1.165, 1.54) is 11.3 Å². The Morgan fingerprint density at radius 1 is 0.919 bits per heavy atom. The average Bonchev–Trinajstić information content (AvgIpc) is 3.39. The summed E-state index contributed by atoms with van der Waals surface area (Å²) in [6, 6.07) is 22.4. The summed E-state index contributed by atoms with van der Waals surface area (Å²) < 4.78 is 12.9. The second-order valence-corrected chi connectivity index (χ2v) is 8.90. The molecule has 0 aliphatic carbocycles. The van der Waals surface area contributed by atoms with Crippen LogP contribution in [0.25, 0.3) is 27.9 Å². The molecule has 1 N–H and O–H groups in total. The molecule has 8 nitrogen and oxygen atoms in total. The summed E-state index contributed by atoms with van der Waals surface area (Å²) >= 11 is 0. The van der Waals surface area contributed by atoms with Gasteiger partial charge in [0.15, 0.2) is 23.0 Å². The van der Waals surface area contributed by atoms with Crippen LogP contribution in [0.5, 0.6) is 11.5 Å². The van der Waals surface area contributed by atoms with E-state index >= 15 is 0 Å². The highest BCUT2D eigenvalue weighted by molar-refractivity contribution is 5.95. The summed E-state index contributed by atoms with van der Waals surface area (Å²) in [4.78, 5) is 12.2. The summed E-state index contributed by atoms with van der Waals surface area (Å²) in [6.07, 6.45) is 0.940. The van der Waals surface area contributed by atoms with Crippen LogP contribution in [0.4, 0.5) is 11.6 Å². The average molecular weight is 497 g/mol. The molecule has 0 atom stereocenters. The van der Waals surface area contributed by atoms with Crippen molar-refractivity contribution in [2.75, 3.05) is 44.1 Å². The van der Waals surface area contributed by atoms with Crippen LogP contribution in [0.15, 0.2) is 66.7 Å². The second-order valence-electron chi connectivity index (χ2n) is 8.90. The Morgan fingerprint density at radius 2 is 1.70 bits per heavy atom. The molecule has 0 spiro atoms. The third-order valence-electron chi connectivity index (χ3n) is 6.45. The van der Waals surface area contributed by atoms with Gasteiger partial charge >= 0.3 is 0 Å². The summed E-state index contributed by atoms with van der Waals surface area (Å²) in [6.45, 7) is 6.94. The quantitative estimate of drug-likeness (QED) is 0.252. The zero-order valence-electron chi connectivity index (χ0n) is 21.7. The number of ether oxygens (including phenoxy) is 2. The molecule has 0 aliphatic rings. The molecular weight excluding hydrogens is 464 g/mol. The molecule has 0 unspecified atom stereocenters. The minimum Gasteiger partial charge on any atom is -0.493 e. The summed E-state index contributed by atoms with van der Waals surface area (Å²) in [5.74, 6) is 2.53. The van der Waals surface area contributed by atoms with Gasteiger partial charge in [-0.25, -0.2) is 9.97 Å². The van der Waals surface area contributed by atoms with Crippen molar-refractivity contribution in [3.05, 3.63) is 72.3 Å². The molecule has 0 radical (unpaired) electrons. The number of methoxy groups -OCH3 is 2. The highest BCUT2D eigenvalue weighted by Crippen LogP contribution is 2.34. The lowest BCUT2D eigenvalue weighted by Crippen LogP contribution is -2.25. The van der Waals surface area contributed by atoms with Gasteiger partial charge in [-0.3, -0.25) is 0 Å². The van der Waals surface area contributed by atoms with E-state index in [-0.39, 0.29) is 0 Å². The van der Waals surface area contributed by atoms with Crippen molar-refractivity contribution in [1.82, 2.24) is 19.6 Å². The fourth-order valence-corrected chi connectivity index (χ4v) is 4.52. The number of aryl methyl sites for hydroxylation is 1. The van der Waals surface area contributed by atoms with Gasteiger partial charge < -0.3 is 19.7 Å². The fourth-order valence-electron chi connectivity index (χ4n) is 4.52. The third-order valence-corrected chi connectivity index (χ3v) is 6.45. The Kier molecular flexibility index (Phi) is 7.07. The lowest BCUT2D eigenvalue weighted by atomic mass is 10.2. The number of benzene rings is 3. The minimum atomic E-state index is 0.623. The number of fused-ring (bicyclic) bond motifs is 3. The number of nitrogens with zero attached hydrogens (tertiary/aromatic N) is 5. The van der Waals surface area contributed by atoms with Crippen molar-refractivity contribution >= 4 is 28.2 Å². The van der Waals surface area contributed by atoms with Crippen molar-refractivity contribution in [3.63, 3.8) is 0 Å². The standard InChI is InChI=1S/C29H32N6O2/c1-5-34(22-14-9-11-20(2)17-22)16-10-15-30-29-31-24-19-26(37-4)25(36-3)18-23(24)28-32-27(33-35(28)29)21-12-7-6-8-13-21/h6-9,11-14,17-19H,5,10,15-16H2,1-4H3,(H,30,31). The SMILES string of the molecule is CCN(CCCNc1nc2cc(OC)c(OC)cc2c2nc(-c3ccccc3)nn12)c1cccc(C)c1. The first-order chi connectivity index (χ1) is 18.1. The molecule has 0 fully saturated rings. The molecule has 5 rings (SSSR count). The molecule has 0 bridgehead atoms. The summed E-state index contributed by atoms with van der Waals surface area (Å²) in [7, 11) is 3.25. The maximum Gasteiger partial charge on any atom is 0.226 e. The lowest BCUT2D eigenvalue weighted by molar-refractivity contribution is 0.356. The molecular formula is C29H32N6O2. The Hall–Kier alpha value is -4.33. The van der Waals surface area contributed by atoms with E-state index in [1.54, 1.807) is 18.7 Å². The van der Waals surface area contributed by atoms with E-state index < -0.39 is 0 Å². The highest BCUT2D eigenvalue weighted by Gasteiger charge is 2.17. The van der Waals surface area contributed by atoms with Gasteiger partial charge in [0.1, 0.15) is 0 Å². The molecule has 2 aromatic heterocycles. The fraction of sp³-hybridized carbons (Fsp3) is 0.276. The zero-order chi connectivity index (χ0) is 25.8. The highest BCUT2D eigenvalue weighted by atomic mass is 16.5. The van der Waals surface area contributed by atoms with E-state index in [2.05, 4.69) is 48.3 Å². The van der Waals surface area contributed by atoms with Gasteiger partial charge in [-0.15, -0.1) is 5.10 Å². The van der Waals surface area contributed by atoms with Crippen LogP contribution in [0.1, 0.15) is 18.9 Å². The first kappa shape index (κ1) is 24.4. The molecule has 0 saturated heterocycles. The van der Waals surface area contributed by atoms with Gasteiger partial charge in [-0.2, -0.15) is 4.52 Å². The van der Waals surface area contributed by atoms with Gasteiger partial charge in [0.05, 0.1) is 19.7 Å². The Balaban J connectivity index is 1.46. The normalized spacial score (nSPS) is 11.1. The van der Waals surface area contributed by atoms with Crippen LogP contribution in [-0.2, 0) is 0 Å². The van der Waals surface area contributed by atoms with Crippen molar-refractivity contribution in [1.29, 1.82) is 0 Å². The second kappa shape index (κ2) is 10.7. The molecule has 37 heavy (non-hydrogen) atoms. The Bertz CT molecular complexity index is 1520. The maximum absolute atomic E-state index is 5.54. The number of rotatable bonds is 10. The van der Waals surface area contributed by atoms with Crippen molar-refractivity contribution in [2.45, 2.75) is 20.3 Å². The number of anilines is 2. The molecule has 8 heteroatoms. The molecule has 3 aromatic carbocycles. The predicted molar refractivity (Wildman–Crippen MR) is 149 cm³/mol. The van der Waals surface area contributed by atoms with E-state index in [9.17, 15) is 0 Å². The van der Waals surface area contributed by atoms with Crippen molar-refractivity contribution < 1.29 is 9.47 Å². The first-order valence-electron chi connectivity index (χ1n) is 12.5. The van der Waals surface area contributed by atoms with Crippen LogP contribution in [-0.4, -0.2) is 53.4 Å². The molecule has 0 amide bonds. The Labute approximate surface area is 216 Å². The van der Waals surface area contributed by atoms with Gasteiger partial charge in [0.2, 0.25) is 5.95 Å². The van der Waals surface area contributed by atoms with Gasteiger partial charge in [-0.05, 0) is 44.0 Å². The number of aromatic nitrogens is 4. The van der Waals surface area contributed by atoms with Crippen molar-refractivity contribution in [2.24, 2.45) is 0 Å². The molecule has 2 heterocycles. The predicted octanol–water partition coefficient (Wildman–Crippen LogP) is 5.60. The van der Waals surface area contributed by atoms with Gasteiger partial charge in [0.25, 0.3) is 0 Å². The molecule has 0 saturated carbocycles. The van der Waals surface area contributed by atoms with Gasteiger partial charge in [-0.1, -0.05) is 42.5 Å². The van der Waals surface area contributed by atoms with Crippen LogP contribution < -0.4 is 19.7 Å². The maximum atomic E-state index is 5.54. The number of nitrogens with one attached hydrogen (secondary N) is 1. The van der Waals surface area contributed by atoms with E-state index in [4.69, 9.17) is 24.5 Å². The third kappa shape index (κ3) is 5.00. The molecule has 0 aliphatic heterocycles. The van der Waals surface area contributed by atoms with E-state index in [0.717, 1.165) is 42.5 Å². The number of hydrogen-bond acceptors (Lipinski definition) is 7. The minimum absolute atomic E-state index is 0.623. The first-order valence-corrected chi connectivity index (χ1v) is 12.5. The van der Waals surface area contributed by atoms with Crippen LogP contribution in [0.2, 0.25) is 0 Å². The summed E-state index contributed by atoms with van der Waals surface area (Å²) in [5, 5.41) is 9.16.